The third-order valence-electron chi connectivity index (χ3n) is 4.96. The number of rotatable bonds is 6. The summed E-state index contributed by atoms with van der Waals surface area (Å²) in [6.07, 6.45) is 3.74. The van der Waals surface area contributed by atoms with Crippen molar-refractivity contribution in [2.45, 2.75) is 5.75 Å². The first kappa shape index (κ1) is 19.9. The number of hydrogen-bond acceptors (Lipinski definition) is 4. The van der Waals surface area contributed by atoms with E-state index in [9.17, 15) is 4.79 Å². The fourth-order valence-corrected chi connectivity index (χ4v) is 4.51. The second kappa shape index (κ2) is 9.37. The van der Waals surface area contributed by atoms with Gasteiger partial charge in [0.2, 0.25) is 11.9 Å². The smallest absolute Gasteiger partial charge is 0.232 e. The van der Waals surface area contributed by atoms with Gasteiger partial charge in [0.1, 0.15) is 0 Å². The minimum absolute atomic E-state index is 0.212. The van der Waals surface area contributed by atoms with E-state index in [-0.39, 0.29) is 5.91 Å². The van der Waals surface area contributed by atoms with Crippen molar-refractivity contribution in [1.29, 1.82) is 0 Å². The van der Waals surface area contributed by atoms with Gasteiger partial charge in [-0.05, 0) is 23.8 Å². The molecule has 1 saturated heterocycles. The standard InChI is InChI=1S/C22H23ClN4OS/c23-19-7-4-8-20(15-19)27-10-9-24-22(27)26-13-11-25(12-14-26)21(28)17-29-16-18-5-2-1-3-6-18/h1-10,15H,11-14,16-17H2. The number of carbonyl (C=O) groups excluding carboxylic acids is 1. The monoisotopic (exact) mass is 426 g/mol. The van der Waals surface area contributed by atoms with Gasteiger partial charge in [-0.25, -0.2) is 4.98 Å². The highest BCUT2D eigenvalue weighted by Gasteiger charge is 2.23. The zero-order chi connectivity index (χ0) is 20.1. The highest BCUT2D eigenvalue weighted by atomic mass is 35.5. The molecule has 0 bridgehead atoms. The second-order valence-corrected chi connectivity index (χ2v) is 8.35. The Balaban J connectivity index is 1.31. The molecule has 1 amide bonds. The molecule has 5 nitrogen and oxygen atoms in total. The predicted octanol–water partition coefficient (Wildman–Crippen LogP) is 4.11. The van der Waals surface area contributed by atoms with Crippen LogP contribution in [-0.2, 0) is 10.5 Å². The maximum Gasteiger partial charge on any atom is 0.232 e. The van der Waals surface area contributed by atoms with E-state index in [2.05, 4.69) is 22.0 Å². The number of nitrogens with zero attached hydrogens (tertiary/aromatic N) is 4. The number of aromatic nitrogens is 2. The molecule has 4 rings (SSSR count). The van der Waals surface area contributed by atoms with Crippen LogP contribution < -0.4 is 4.90 Å². The van der Waals surface area contributed by atoms with Gasteiger partial charge in [0.05, 0.1) is 5.75 Å². The zero-order valence-electron chi connectivity index (χ0n) is 16.1. The quantitative estimate of drug-likeness (QED) is 0.594. The van der Waals surface area contributed by atoms with Gasteiger partial charge in [0.25, 0.3) is 0 Å². The van der Waals surface area contributed by atoms with Crippen LogP contribution in [0.25, 0.3) is 5.69 Å². The Hall–Kier alpha value is -2.44. The van der Waals surface area contributed by atoms with Crippen LogP contribution in [0.1, 0.15) is 5.56 Å². The summed E-state index contributed by atoms with van der Waals surface area (Å²) in [6.45, 7) is 2.97. The normalized spacial score (nSPS) is 14.2. The lowest BCUT2D eigenvalue weighted by Gasteiger charge is -2.35. The molecule has 3 aromatic rings. The lowest BCUT2D eigenvalue weighted by Crippen LogP contribution is -2.50. The minimum atomic E-state index is 0.212. The Kier molecular flexibility index (Phi) is 6.42. The van der Waals surface area contributed by atoms with Crippen molar-refractivity contribution < 1.29 is 4.79 Å². The van der Waals surface area contributed by atoms with Crippen molar-refractivity contribution in [2.24, 2.45) is 0 Å². The maximum atomic E-state index is 12.6. The fraction of sp³-hybridized carbons (Fsp3) is 0.273. The predicted molar refractivity (Wildman–Crippen MR) is 120 cm³/mol. The molecule has 29 heavy (non-hydrogen) atoms. The molecule has 1 aromatic heterocycles. The van der Waals surface area contributed by atoms with Crippen molar-refractivity contribution in [1.82, 2.24) is 14.5 Å². The molecule has 0 saturated carbocycles. The highest BCUT2D eigenvalue weighted by Crippen LogP contribution is 2.22. The van der Waals surface area contributed by atoms with Crippen LogP contribution >= 0.6 is 23.4 Å². The fourth-order valence-electron chi connectivity index (χ4n) is 3.43. The molecule has 1 aliphatic heterocycles. The van der Waals surface area contributed by atoms with Crippen LogP contribution in [-0.4, -0.2) is 52.3 Å². The van der Waals surface area contributed by atoms with Crippen molar-refractivity contribution >= 4 is 35.2 Å². The topological polar surface area (TPSA) is 41.4 Å². The first-order valence-corrected chi connectivity index (χ1v) is 11.2. The number of imidazole rings is 1. The summed E-state index contributed by atoms with van der Waals surface area (Å²) in [5.41, 5.74) is 2.24. The Bertz CT molecular complexity index is 954. The van der Waals surface area contributed by atoms with Crippen molar-refractivity contribution in [2.75, 3.05) is 36.8 Å². The molecule has 1 aliphatic rings. The summed E-state index contributed by atoms with van der Waals surface area (Å²) >= 11 is 7.82. The van der Waals surface area contributed by atoms with Crippen LogP contribution in [0.4, 0.5) is 5.95 Å². The number of carbonyl (C=O) groups is 1. The number of benzene rings is 2. The molecule has 0 spiro atoms. The Morgan fingerprint density at radius 1 is 1.03 bits per heavy atom. The van der Waals surface area contributed by atoms with E-state index in [0.29, 0.717) is 23.9 Å². The van der Waals surface area contributed by atoms with E-state index >= 15 is 0 Å². The first-order chi connectivity index (χ1) is 14.2. The van der Waals surface area contributed by atoms with Crippen LogP contribution in [0.3, 0.4) is 0 Å². The third kappa shape index (κ3) is 4.95. The number of hydrogen-bond donors (Lipinski definition) is 0. The van der Waals surface area contributed by atoms with Crippen LogP contribution in [0, 0.1) is 0 Å². The van der Waals surface area contributed by atoms with Crippen molar-refractivity contribution in [3.8, 4) is 5.69 Å². The maximum absolute atomic E-state index is 12.6. The molecule has 0 atom stereocenters. The van der Waals surface area contributed by atoms with E-state index in [4.69, 9.17) is 11.6 Å². The van der Waals surface area contributed by atoms with E-state index < -0.39 is 0 Å². The molecule has 150 valence electrons. The lowest BCUT2D eigenvalue weighted by molar-refractivity contribution is -0.128. The number of piperazine rings is 1. The third-order valence-corrected chi connectivity index (χ3v) is 6.18. The van der Waals surface area contributed by atoms with Gasteiger partial charge >= 0.3 is 0 Å². The summed E-state index contributed by atoms with van der Waals surface area (Å²) in [5.74, 6) is 2.48. The highest BCUT2D eigenvalue weighted by molar-refractivity contribution is 7.99. The first-order valence-electron chi connectivity index (χ1n) is 9.64. The van der Waals surface area contributed by atoms with Gasteiger partial charge in [0, 0.05) is 55.0 Å². The Labute approximate surface area is 180 Å². The molecule has 0 unspecified atom stereocenters. The summed E-state index contributed by atoms with van der Waals surface area (Å²) in [4.78, 5) is 21.3. The molecular weight excluding hydrogens is 404 g/mol. The molecule has 0 N–H and O–H groups in total. The van der Waals surface area contributed by atoms with Gasteiger partial charge < -0.3 is 9.80 Å². The molecule has 2 heterocycles. The molecule has 0 aliphatic carbocycles. The SMILES string of the molecule is O=C(CSCc1ccccc1)N1CCN(c2nccn2-c2cccc(Cl)c2)CC1. The molecule has 2 aromatic carbocycles. The molecule has 0 radical (unpaired) electrons. The van der Waals surface area contributed by atoms with E-state index in [1.807, 2.05) is 58.1 Å². The zero-order valence-corrected chi connectivity index (χ0v) is 17.6. The van der Waals surface area contributed by atoms with E-state index in [0.717, 1.165) is 30.5 Å². The second-order valence-electron chi connectivity index (χ2n) is 6.92. The summed E-state index contributed by atoms with van der Waals surface area (Å²) in [5, 5.41) is 0.700. The Morgan fingerprint density at radius 2 is 1.83 bits per heavy atom. The largest absolute Gasteiger partial charge is 0.338 e. The van der Waals surface area contributed by atoms with Crippen LogP contribution in [0.2, 0.25) is 5.02 Å². The summed E-state index contributed by atoms with van der Waals surface area (Å²) in [6, 6.07) is 18.0. The average molecular weight is 427 g/mol. The Morgan fingerprint density at radius 3 is 2.59 bits per heavy atom. The van der Waals surface area contributed by atoms with Gasteiger partial charge in [-0.3, -0.25) is 9.36 Å². The number of halogens is 1. The summed E-state index contributed by atoms with van der Waals surface area (Å²) < 4.78 is 2.04. The van der Waals surface area contributed by atoms with Crippen LogP contribution in [0.15, 0.2) is 67.0 Å². The number of anilines is 1. The molecule has 7 heteroatoms. The minimum Gasteiger partial charge on any atom is -0.338 e. The van der Waals surface area contributed by atoms with Crippen molar-refractivity contribution in [3.05, 3.63) is 77.6 Å². The van der Waals surface area contributed by atoms with Crippen molar-refractivity contribution in [3.63, 3.8) is 0 Å². The molecule has 1 fully saturated rings. The van der Waals surface area contributed by atoms with Gasteiger partial charge in [-0.2, -0.15) is 0 Å². The number of thioether (sulfide) groups is 1. The van der Waals surface area contributed by atoms with Crippen LogP contribution in [0.5, 0.6) is 0 Å². The van der Waals surface area contributed by atoms with E-state index in [1.165, 1.54) is 5.56 Å². The van der Waals surface area contributed by atoms with Gasteiger partial charge in [-0.1, -0.05) is 48.0 Å². The van der Waals surface area contributed by atoms with Gasteiger partial charge in [0.15, 0.2) is 0 Å². The number of amides is 1. The molecular formula is C22H23ClN4OS. The summed E-state index contributed by atoms with van der Waals surface area (Å²) in [7, 11) is 0. The van der Waals surface area contributed by atoms with Gasteiger partial charge in [-0.15, -0.1) is 11.8 Å². The van der Waals surface area contributed by atoms with E-state index in [1.54, 1.807) is 18.0 Å². The average Bonchev–Trinajstić information content (AvgIpc) is 3.24. The lowest BCUT2D eigenvalue weighted by atomic mass is 10.2.